The fourth-order valence-electron chi connectivity index (χ4n) is 7.33. The van der Waals surface area contributed by atoms with Crippen LogP contribution in [0.25, 0.3) is 22.1 Å². The number of carbonyl (C=O) groups is 3. The number of ether oxygens (including phenoxy) is 2. The second-order valence-electron chi connectivity index (χ2n) is 14.4. The minimum Gasteiger partial charge on any atom is -0.508 e. The lowest BCUT2D eigenvalue weighted by Gasteiger charge is -2.29. The quantitative estimate of drug-likeness (QED) is 0.0708. The second kappa shape index (κ2) is 19.9. The monoisotopic (exact) mass is 900 g/mol. The third-order valence-corrected chi connectivity index (χ3v) is 10.6. The first-order valence-corrected chi connectivity index (χ1v) is 20.0. The minimum absolute atomic E-state index is 0.00775. The standard InChI is InChI=1S/C17H18N2O6.C16H13ClN2O.C15H10O5/c1-9-13(16(20)24-3)15(14(10(2)18-9)17(21)25-4)11-7-5-6-8-12(11)19(22)23;1-19-14-8-7-12(17)9-13(14)16(18-10-15(19)20)11-5-3-2-4-6-11;16-9-3-1-8(2-4-9)11-7-20-13-6-10(17)5-12(18)14(13)15(11)19/h5-8,15,18H,1-4H3;2-9H,10H2,1H3;1-7,16-18H. The van der Waals surface area contributed by atoms with Gasteiger partial charge in [-0.15, -0.1) is 0 Å². The molecule has 0 spiro atoms. The number of nitrogens with one attached hydrogen (secondary N) is 1. The van der Waals surface area contributed by atoms with Crippen LogP contribution in [0.3, 0.4) is 0 Å². The fourth-order valence-corrected chi connectivity index (χ4v) is 7.50. The van der Waals surface area contributed by atoms with Gasteiger partial charge in [0.05, 0.1) is 53.2 Å². The largest absolute Gasteiger partial charge is 0.508 e. The van der Waals surface area contributed by atoms with Gasteiger partial charge in [-0.1, -0.05) is 72.3 Å². The van der Waals surface area contributed by atoms with Gasteiger partial charge in [-0.05, 0) is 49.7 Å². The number of carbonyl (C=O) groups excluding carboxylic acids is 3. The summed E-state index contributed by atoms with van der Waals surface area (Å²) >= 11 is 6.11. The van der Waals surface area contributed by atoms with Crippen molar-refractivity contribution in [3.8, 4) is 28.4 Å². The smallest absolute Gasteiger partial charge is 0.336 e. The Morgan fingerprint density at radius 2 is 1.43 bits per heavy atom. The Bertz CT molecular complexity index is 2960. The molecule has 0 radical (unpaired) electrons. The van der Waals surface area contributed by atoms with Gasteiger partial charge >= 0.3 is 11.9 Å². The third kappa shape index (κ3) is 9.87. The highest BCUT2D eigenvalue weighted by atomic mass is 35.5. The van der Waals surface area contributed by atoms with Crippen LogP contribution < -0.4 is 15.6 Å². The summed E-state index contributed by atoms with van der Waals surface area (Å²) in [5.74, 6) is -2.79. The van der Waals surface area contributed by atoms with Gasteiger partial charge in [-0.3, -0.25) is 24.7 Å². The van der Waals surface area contributed by atoms with Gasteiger partial charge in [0, 0.05) is 58.4 Å². The van der Waals surface area contributed by atoms with Crippen LogP contribution in [0.2, 0.25) is 5.02 Å². The Balaban J connectivity index is 0.000000163. The number of aromatic hydroxyl groups is 3. The molecule has 0 aliphatic carbocycles. The summed E-state index contributed by atoms with van der Waals surface area (Å²) in [6.45, 7) is 3.43. The molecule has 1 aromatic heterocycles. The number of dihydropyridines is 1. The molecule has 0 saturated carbocycles. The van der Waals surface area contributed by atoms with E-state index in [0.717, 1.165) is 28.6 Å². The molecule has 2 aliphatic rings. The Labute approximate surface area is 376 Å². The van der Waals surface area contributed by atoms with E-state index in [2.05, 4.69) is 10.3 Å². The Morgan fingerprint density at radius 3 is 2.05 bits per heavy atom. The van der Waals surface area contributed by atoms with Crippen molar-refractivity contribution in [1.29, 1.82) is 0 Å². The molecule has 3 heterocycles. The van der Waals surface area contributed by atoms with Crippen LogP contribution in [0.5, 0.6) is 17.2 Å². The molecule has 6 aromatic rings. The molecule has 0 bridgehead atoms. The van der Waals surface area contributed by atoms with E-state index in [1.165, 1.54) is 56.9 Å². The van der Waals surface area contributed by atoms with Crippen LogP contribution in [-0.2, 0) is 23.9 Å². The maximum Gasteiger partial charge on any atom is 0.336 e. The van der Waals surface area contributed by atoms with E-state index in [9.17, 15) is 44.6 Å². The van der Waals surface area contributed by atoms with Gasteiger partial charge in [0.2, 0.25) is 11.3 Å². The van der Waals surface area contributed by atoms with Gasteiger partial charge < -0.3 is 39.4 Å². The first-order valence-electron chi connectivity index (χ1n) is 19.6. The number of para-hydroxylation sites is 1. The van der Waals surface area contributed by atoms with Crippen molar-refractivity contribution in [3.05, 3.63) is 180 Å². The van der Waals surface area contributed by atoms with Crippen molar-refractivity contribution in [3.63, 3.8) is 0 Å². The summed E-state index contributed by atoms with van der Waals surface area (Å²) in [5, 5.41) is 43.4. The third-order valence-electron chi connectivity index (χ3n) is 10.4. The summed E-state index contributed by atoms with van der Waals surface area (Å²) in [7, 11) is 4.18. The number of anilines is 1. The van der Waals surface area contributed by atoms with E-state index < -0.39 is 28.2 Å². The van der Waals surface area contributed by atoms with Crippen molar-refractivity contribution in [2.75, 3.05) is 32.7 Å². The van der Waals surface area contributed by atoms with Gasteiger partial charge in [-0.25, -0.2) is 9.59 Å². The van der Waals surface area contributed by atoms with Gasteiger partial charge in [0.15, 0.2) is 0 Å². The molecular weight excluding hydrogens is 860 g/mol. The van der Waals surface area contributed by atoms with Crippen molar-refractivity contribution >= 4 is 57.5 Å². The molecule has 17 heteroatoms. The number of esters is 2. The zero-order valence-electron chi connectivity index (χ0n) is 35.5. The first-order chi connectivity index (χ1) is 31.1. The molecule has 0 unspecified atom stereocenters. The lowest BCUT2D eigenvalue weighted by molar-refractivity contribution is -0.385. The number of benzene rings is 5. The minimum atomic E-state index is -0.970. The number of hydrogen-bond acceptors (Lipinski definition) is 14. The number of halogens is 1. The Kier molecular flexibility index (Phi) is 14.1. The van der Waals surface area contributed by atoms with Crippen LogP contribution in [0, 0.1) is 10.1 Å². The van der Waals surface area contributed by atoms with E-state index in [0.29, 0.717) is 22.0 Å². The lowest BCUT2D eigenvalue weighted by atomic mass is 9.79. The van der Waals surface area contributed by atoms with Crippen LogP contribution in [-0.4, -0.2) is 71.6 Å². The number of hydrogen-bond donors (Lipinski definition) is 4. The number of phenols is 3. The number of rotatable bonds is 6. The zero-order chi connectivity index (χ0) is 47.1. The van der Waals surface area contributed by atoms with E-state index in [1.807, 2.05) is 42.5 Å². The van der Waals surface area contributed by atoms with Gasteiger partial charge in [0.25, 0.3) is 5.69 Å². The summed E-state index contributed by atoms with van der Waals surface area (Å²) in [5.41, 5.74) is 5.22. The second-order valence-corrected chi connectivity index (χ2v) is 14.9. The highest BCUT2D eigenvalue weighted by Crippen LogP contribution is 2.42. The molecule has 8 rings (SSSR count). The molecule has 1 amide bonds. The lowest BCUT2D eigenvalue weighted by Crippen LogP contribution is -2.32. The average molecular weight is 901 g/mol. The summed E-state index contributed by atoms with van der Waals surface area (Å²) < 4.78 is 14.9. The summed E-state index contributed by atoms with van der Waals surface area (Å²) in [6.07, 6.45) is 1.26. The Hall–Kier alpha value is -8.24. The predicted molar refractivity (Wildman–Crippen MR) is 243 cm³/mol. The molecule has 4 N–H and O–H groups in total. The highest BCUT2D eigenvalue weighted by molar-refractivity contribution is 6.32. The maximum absolute atomic E-state index is 12.4. The maximum atomic E-state index is 12.4. The van der Waals surface area contributed by atoms with E-state index in [-0.39, 0.29) is 68.6 Å². The number of benzodiazepines with no additional fused rings is 1. The van der Waals surface area contributed by atoms with Gasteiger partial charge in [-0.2, -0.15) is 0 Å². The van der Waals surface area contributed by atoms with Crippen LogP contribution in [0.4, 0.5) is 11.4 Å². The number of phenolic OH excluding ortho intramolecular Hbond substituents is 3. The molecule has 0 fully saturated rings. The topological polar surface area (TPSA) is 231 Å². The number of nitrogens with zero attached hydrogens (tertiary/aromatic N) is 3. The number of nitro groups is 1. The van der Waals surface area contributed by atoms with Crippen molar-refractivity contribution in [2.45, 2.75) is 19.8 Å². The molecule has 5 aromatic carbocycles. The summed E-state index contributed by atoms with van der Waals surface area (Å²) in [4.78, 5) is 66.1. The zero-order valence-corrected chi connectivity index (χ0v) is 36.2. The molecule has 332 valence electrons. The van der Waals surface area contributed by atoms with Crippen LogP contribution in [0.1, 0.15) is 36.5 Å². The van der Waals surface area contributed by atoms with Crippen LogP contribution in [0.15, 0.2) is 152 Å². The summed E-state index contributed by atoms with van der Waals surface area (Å²) in [6, 6.07) is 29.7. The molecule has 16 nitrogen and oxygen atoms in total. The molecule has 2 aliphatic heterocycles. The van der Waals surface area contributed by atoms with Crippen molar-refractivity contribution in [2.24, 2.45) is 4.99 Å². The molecule has 0 atom stereocenters. The number of nitro benzene ring substituents is 1. The fraction of sp³-hybridized carbons (Fsp3) is 0.146. The highest BCUT2D eigenvalue weighted by Gasteiger charge is 2.40. The normalized spacial score (nSPS) is 13.5. The van der Waals surface area contributed by atoms with Crippen LogP contribution >= 0.6 is 11.6 Å². The SMILES string of the molecule is CN1C(=O)CN=C(c2ccccc2)c2cc(Cl)ccc21.COC(=O)C1=C(C)NC(C)=C(C(=O)OC)C1c1ccccc1[N+](=O)[O-].O=c1c(-c2ccc(O)cc2)coc2cc(O)cc(O)c12. The average Bonchev–Trinajstić information content (AvgIpc) is 3.41. The van der Waals surface area contributed by atoms with Crippen molar-refractivity contribution < 1.29 is 48.5 Å². The number of amides is 1. The molecule has 0 saturated heterocycles. The predicted octanol–water partition coefficient (Wildman–Crippen LogP) is 7.91. The van der Waals surface area contributed by atoms with Crippen molar-refractivity contribution in [1.82, 2.24) is 5.32 Å². The number of methoxy groups -OCH3 is 2. The molecular formula is C48H41ClN4O12. The number of aliphatic imine (C=N–C) groups is 1. The molecule has 65 heavy (non-hydrogen) atoms. The van der Waals surface area contributed by atoms with E-state index >= 15 is 0 Å². The first kappa shape index (κ1) is 46.3. The van der Waals surface area contributed by atoms with Gasteiger partial charge in [0.1, 0.15) is 41.0 Å². The number of likely N-dealkylation sites (N-methyl/N-ethyl adjacent to an activating group) is 1. The number of allylic oxidation sites excluding steroid dienone is 2. The van der Waals surface area contributed by atoms with E-state index in [4.69, 9.17) is 25.5 Å². The number of fused-ring (bicyclic) bond motifs is 2. The van der Waals surface area contributed by atoms with E-state index in [1.54, 1.807) is 50.1 Å². The Morgan fingerprint density at radius 1 is 0.815 bits per heavy atom.